The lowest BCUT2D eigenvalue weighted by atomic mass is 9.99. The molecule has 0 aliphatic rings. The maximum atomic E-state index is 13.0. The van der Waals surface area contributed by atoms with Crippen molar-refractivity contribution in [3.63, 3.8) is 0 Å². The van der Waals surface area contributed by atoms with Crippen molar-refractivity contribution in [1.82, 2.24) is 4.98 Å². The van der Waals surface area contributed by atoms with Crippen LogP contribution in [0.3, 0.4) is 0 Å². The molecule has 0 unspecified atom stereocenters. The maximum absolute atomic E-state index is 13.0. The van der Waals surface area contributed by atoms with Crippen molar-refractivity contribution < 1.29 is 13.2 Å². The molecule has 0 fully saturated rings. The van der Waals surface area contributed by atoms with E-state index in [-0.39, 0.29) is 5.52 Å². The van der Waals surface area contributed by atoms with Gasteiger partial charge in [-0.1, -0.05) is 35.9 Å². The van der Waals surface area contributed by atoms with E-state index in [0.717, 1.165) is 11.6 Å². The number of halogens is 4. The first-order chi connectivity index (χ1) is 9.97. The second-order valence-corrected chi connectivity index (χ2v) is 4.92. The Kier molecular flexibility index (Phi) is 3.33. The largest absolute Gasteiger partial charge is 0.418 e. The van der Waals surface area contributed by atoms with Crippen LogP contribution in [-0.4, -0.2) is 4.98 Å². The van der Waals surface area contributed by atoms with Crippen molar-refractivity contribution in [2.24, 2.45) is 0 Å². The van der Waals surface area contributed by atoms with Crippen LogP contribution in [-0.2, 0) is 6.18 Å². The van der Waals surface area contributed by atoms with Crippen molar-refractivity contribution >= 4 is 22.5 Å². The van der Waals surface area contributed by atoms with E-state index in [2.05, 4.69) is 11.1 Å². The predicted molar refractivity (Wildman–Crippen MR) is 76.0 cm³/mol. The molecule has 0 amide bonds. The number of alkyl halides is 3. The first-order valence-electron chi connectivity index (χ1n) is 6.09. The van der Waals surface area contributed by atoms with Crippen molar-refractivity contribution in [1.29, 1.82) is 0 Å². The van der Waals surface area contributed by atoms with Gasteiger partial charge in [0.15, 0.2) is 0 Å². The Morgan fingerprint density at radius 3 is 2.38 bits per heavy atom. The van der Waals surface area contributed by atoms with Crippen LogP contribution in [0.25, 0.3) is 22.0 Å². The second kappa shape index (κ2) is 5.04. The first kappa shape index (κ1) is 13.9. The average molecular weight is 307 g/mol. The minimum atomic E-state index is -4.44. The first-order valence-corrected chi connectivity index (χ1v) is 6.47. The fraction of sp³-hybridized carbons (Fsp3) is 0.0625. The average Bonchev–Trinajstić information content (AvgIpc) is 2.46. The van der Waals surface area contributed by atoms with Crippen LogP contribution in [0.2, 0.25) is 5.02 Å². The molecule has 105 valence electrons. The van der Waals surface area contributed by atoms with Crippen LogP contribution >= 0.6 is 11.6 Å². The number of benzene rings is 2. The lowest BCUT2D eigenvalue weighted by Gasteiger charge is -2.12. The minimum Gasteiger partial charge on any atom is -0.255 e. The van der Waals surface area contributed by atoms with Gasteiger partial charge in [-0.2, -0.15) is 13.2 Å². The van der Waals surface area contributed by atoms with Crippen molar-refractivity contribution in [2.45, 2.75) is 6.18 Å². The predicted octanol–water partition coefficient (Wildman–Crippen LogP) is 5.37. The molecule has 21 heavy (non-hydrogen) atoms. The number of pyridine rings is 1. The van der Waals surface area contributed by atoms with Gasteiger partial charge in [0.2, 0.25) is 0 Å². The van der Waals surface area contributed by atoms with Gasteiger partial charge in [-0.05, 0) is 23.8 Å². The summed E-state index contributed by atoms with van der Waals surface area (Å²) in [7, 11) is 0. The summed E-state index contributed by atoms with van der Waals surface area (Å²) in [5, 5.41) is 0.975. The number of para-hydroxylation sites is 1. The molecule has 0 spiro atoms. The quantitative estimate of drug-likeness (QED) is 0.588. The Labute approximate surface area is 124 Å². The number of hydrogen-bond donors (Lipinski definition) is 0. The van der Waals surface area contributed by atoms with Crippen molar-refractivity contribution in [3.05, 3.63) is 65.3 Å². The van der Waals surface area contributed by atoms with E-state index in [0.29, 0.717) is 16.0 Å². The van der Waals surface area contributed by atoms with E-state index >= 15 is 0 Å². The van der Waals surface area contributed by atoms with Gasteiger partial charge in [0, 0.05) is 28.2 Å². The highest BCUT2D eigenvalue weighted by atomic mass is 35.5. The molecular weight excluding hydrogens is 299 g/mol. The third kappa shape index (κ3) is 2.59. The van der Waals surface area contributed by atoms with E-state index < -0.39 is 11.7 Å². The fourth-order valence-electron chi connectivity index (χ4n) is 2.21. The lowest BCUT2D eigenvalue weighted by molar-refractivity contribution is -0.136. The lowest BCUT2D eigenvalue weighted by Crippen LogP contribution is -2.06. The Morgan fingerprint density at radius 1 is 1.00 bits per heavy atom. The second-order valence-electron chi connectivity index (χ2n) is 4.48. The van der Waals surface area contributed by atoms with Gasteiger partial charge in [0.05, 0.1) is 11.1 Å². The molecule has 1 radical (unpaired) electrons. The third-order valence-corrected chi connectivity index (χ3v) is 3.40. The van der Waals surface area contributed by atoms with Gasteiger partial charge in [-0.25, -0.2) is 0 Å². The summed E-state index contributed by atoms with van der Waals surface area (Å²) in [6.07, 6.45) is -3.17. The van der Waals surface area contributed by atoms with E-state index in [1.165, 1.54) is 12.3 Å². The molecule has 1 heterocycles. The molecule has 0 aliphatic heterocycles. The Morgan fingerprint density at radius 2 is 1.71 bits per heavy atom. The minimum absolute atomic E-state index is 0.0753. The van der Waals surface area contributed by atoms with Gasteiger partial charge >= 0.3 is 6.18 Å². The van der Waals surface area contributed by atoms with Gasteiger partial charge in [-0.15, -0.1) is 0 Å². The van der Waals surface area contributed by atoms with E-state index in [1.54, 1.807) is 30.3 Å². The summed E-state index contributed by atoms with van der Waals surface area (Å²) in [6, 6.07) is 13.8. The Balaban J connectivity index is 2.28. The van der Waals surface area contributed by atoms with Crippen molar-refractivity contribution in [3.8, 4) is 11.1 Å². The Bertz CT molecular complexity index is 795. The molecular formula is C16H8ClF3N. The zero-order chi connectivity index (χ0) is 15.0. The zero-order valence-electron chi connectivity index (χ0n) is 10.6. The van der Waals surface area contributed by atoms with Crippen LogP contribution in [0.15, 0.2) is 48.7 Å². The number of rotatable bonds is 1. The summed E-state index contributed by atoms with van der Waals surface area (Å²) in [5.74, 6) is 0. The SMILES string of the molecule is FC(F)(F)c1cccc2c(-c3ccc(Cl)cc3)[c]cnc12. The maximum Gasteiger partial charge on any atom is 0.418 e. The summed E-state index contributed by atoms with van der Waals surface area (Å²) in [5.41, 5.74) is 0.492. The molecule has 5 heteroatoms. The normalized spacial score (nSPS) is 11.8. The van der Waals surface area contributed by atoms with E-state index in [9.17, 15) is 13.2 Å². The topological polar surface area (TPSA) is 12.9 Å². The standard InChI is InChI=1S/C16H8ClF3N/c17-11-6-4-10(5-7-11)12-8-9-21-15-13(12)2-1-3-14(15)16(18,19)20/h1-7,9H. The molecule has 0 aliphatic carbocycles. The number of hydrogen-bond acceptors (Lipinski definition) is 1. The molecule has 3 aromatic rings. The van der Waals surface area contributed by atoms with Crippen LogP contribution in [0.1, 0.15) is 5.56 Å². The smallest absolute Gasteiger partial charge is 0.255 e. The highest BCUT2D eigenvalue weighted by Gasteiger charge is 2.33. The zero-order valence-corrected chi connectivity index (χ0v) is 11.3. The number of fused-ring (bicyclic) bond motifs is 1. The van der Waals surface area contributed by atoms with Crippen LogP contribution in [0, 0.1) is 6.07 Å². The molecule has 0 saturated carbocycles. The van der Waals surface area contributed by atoms with Gasteiger partial charge in [-0.3, -0.25) is 4.98 Å². The summed E-state index contributed by atoms with van der Waals surface area (Å²) in [6.45, 7) is 0. The number of nitrogens with zero attached hydrogens (tertiary/aromatic N) is 1. The fourth-order valence-corrected chi connectivity index (χ4v) is 2.33. The summed E-state index contributed by atoms with van der Waals surface area (Å²) >= 11 is 5.83. The van der Waals surface area contributed by atoms with E-state index in [4.69, 9.17) is 11.6 Å². The molecule has 0 saturated heterocycles. The molecule has 1 aromatic heterocycles. The van der Waals surface area contributed by atoms with Crippen LogP contribution < -0.4 is 0 Å². The summed E-state index contributed by atoms with van der Waals surface area (Å²) in [4.78, 5) is 3.85. The molecule has 1 nitrogen and oxygen atoms in total. The number of aromatic nitrogens is 1. The molecule has 0 bridgehead atoms. The highest BCUT2D eigenvalue weighted by Crippen LogP contribution is 2.36. The van der Waals surface area contributed by atoms with Gasteiger partial charge in [0.1, 0.15) is 0 Å². The highest BCUT2D eigenvalue weighted by molar-refractivity contribution is 6.30. The van der Waals surface area contributed by atoms with Crippen LogP contribution in [0.5, 0.6) is 0 Å². The third-order valence-electron chi connectivity index (χ3n) is 3.15. The monoisotopic (exact) mass is 306 g/mol. The summed E-state index contributed by atoms with van der Waals surface area (Å²) < 4.78 is 39.1. The molecule has 3 rings (SSSR count). The molecule has 0 N–H and O–H groups in total. The van der Waals surface area contributed by atoms with E-state index in [1.807, 2.05) is 0 Å². The van der Waals surface area contributed by atoms with Crippen molar-refractivity contribution in [2.75, 3.05) is 0 Å². The Hall–Kier alpha value is -2.07. The van der Waals surface area contributed by atoms with Gasteiger partial charge < -0.3 is 0 Å². The molecule has 2 aromatic carbocycles. The van der Waals surface area contributed by atoms with Gasteiger partial charge in [0.25, 0.3) is 0 Å². The molecule has 0 atom stereocenters. The van der Waals surface area contributed by atoms with Crippen LogP contribution in [0.4, 0.5) is 13.2 Å².